The third-order valence-corrected chi connectivity index (χ3v) is 4.72. The first-order valence-electron chi connectivity index (χ1n) is 8.37. The van der Waals surface area contributed by atoms with Gasteiger partial charge in [0, 0.05) is 26.2 Å². The number of ether oxygens (including phenoxy) is 1. The second-order valence-corrected chi connectivity index (χ2v) is 6.37. The number of nitrogen functional groups attached to an aromatic ring is 1. The smallest absolute Gasteiger partial charge is 0.280 e. The number of H-pyrrole nitrogens is 1. The summed E-state index contributed by atoms with van der Waals surface area (Å²) in [7, 11) is 0. The second-order valence-electron chi connectivity index (χ2n) is 6.37. The van der Waals surface area contributed by atoms with Crippen LogP contribution in [-0.4, -0.2) is 85.9 Å². The number of anilines is 2. The molecule has 0 spiro atoms. The van der Waals surface area contributed by atoms with Gasteiger partial charge in [-0.05, 0) is 0 Å². The van der Waals surface area contributed by atoms with Gasteiger partial charge in [0.15, 0.2) is 17.4 Å². The average molecular weight is 367 g/mol. The monoisotopic (exact) mass is 367 g/mol. The molecule has 0 radical (unpaired) electrons. The third kappa shape index (κ3) is 2.62. The van der Waals surface area contributed by atoms with Crippen molar-refractivity contribution >= 4 is 23.1 Å². The fourth-order valence-corrected chi connectivity index (χ4v) is 3.40. The summed E-state index contributed by atoms with van der Waals surface area (Å²) in [6, 6.07) is 0. The van der Waals surface area contributed by atoms with Gasteiger partial charge in [0.2, 0.25) is 11.9 Å². The number of aliphatic hydroxyl groups is 3. The van der Waals surface area contributed by atoms with Crippen LogP contribution in [0.25, 0.3) is 11.2 Å². The highest BCUT2D eigenvalue weighted by Crippen LogP contribution is 2.35. The van der Waals surface area contributed by atoms with Gasteiger partial charge in [-0.25, -0.2) is 4.98 Å². The number of nitrogens with one attached hydrogen (secondary N) is 2. The zero-order chi connectivity index (χ0) is 18.4. The minimum Gasteiger partial charge on any atom is -0.394 e. The number of aromatic amines is 1. The summed E-state index contributed by atoms with van der Waals surface area (Å²) in [4.78, 5) is 25.1. The van der Waals surface area contributed by atoms with Gasteiger partial charge in [-0.15, -0.1) is 0 Å². The van der Waals surface area contributed by atoms with E-state index in [2.05, 4.69) is 20.3 Å². The number of imidazole rings is 1. The molecule has 142 valence electrons. The lowest BCUT2D eigenvalue weighted by Crippen LogP contribution is -2.45. The highest BCUT2D eigenvalue weighted by molar-refractivity contribution is 5.75. The predicted molar refractivity (Wildman–Crippen MR) is 90.7 cm³/mol. The van der Waals surface area contributed by atoms with Crippen LogP contribution in [0, 0.1) is 0 Å². The van der Waals surface area contributed by atoms with Crippen molar-refractivity contribution in [2.45, 2.75) is 24.5 Å². The zero-order valence-electron chi connectivity index (χ0n) is 13.9. The first kappa shape index (κ1) is 17.2. The lowest BCUT2D eigenvalue weighted by Gasteiger charge is -2.30. The van der Waals surface area contributed by atoms with E-state index in [1.807, 2.05) is 4.90 Å². The molecular weight excluding hydrogens is 346 g/mol. The van der Waals surface area contributed by atoms with E-state index in [1.165, 1.54) is 4.57 Å². The molecule has 0 aliphatic carbocycles. The fraction of sp³-hybridized carbons (Fsp3) is 0.643. The van der Waals surface area contributed by atoms with Gasteiger partial charge in [0.05, 0.1) is 6.61 Å². The van der Waals surface area contributed by atoms with Crippen LogP contribution in [0.5, 0.6) is 0 Å². The number of fused-ring (bicyclic) bond motifs is 1. The largest absolute Gasteiger partial charge is 0.394 e. The summed E-state index contributed by atoms with van der Waals surface area (Å²) in [5.41, 5.74) is 5.37. The van der Waals surface area contributed by atoms with Crippen molar-refractivity contribution in [3.8, 4) is 0 Å². The topological polar surface area (TPSA) is 175 Å². The van der Waals surface area contributed by atoms with Crippen LogP contribution in [-0.2, 0) is 4.74 Å². The number of rotatable bonds is 3. The highest BCUT2D eigenvalue weighted by atomic mass is 16.6. The lowest BCUT2D eigenvalue weighted by atomic mass is 10.1. The fourth-order valence-electron chi connectivity index (χ4n) is 3.40. The van der Waals surface area contributed by atoms with E-state index in [4.69, 9.17) is 10.5 Å². The number of hydrogen-bond donors (Lipinski definition) is 6. The Labute approximate surface area is 147 Å². The number of nitrogens with two attached hydrogens (primary N) is 1. The normalized spacial score (nSPS) is 29.6. The van der Waals surface area contributed by atoms with Crippen LogP contribution in [0.4, 0.5) is 11.9 Å². The Morgan fingerprint density at radius 3 is 2.62 bits per heavy atom. The first-order valence-corrected chi connectivity index (χ1v) is 8.37. The summed E-state index contributed by atoms with van der Waals surface area (Å²) in [6.45, 7) is 2.26. The van der Waals surface area contributed by atoms with Crippen molar-refractivity contribution in [2.24, 2.45) is 0 Å². The molecule has 12 heteroatoms. The molecule has 0 unspecified atom stereocenters. The number of aromatic nitrogens is 4. The minimum absolute atomic E-state index is 0.0606. The maximum Gasteiger partial charge on any atom is 0.280 e. The highest BCUT2D eigenvalue weighted by Gasteiger charge is 2.45. The molecular formula is C14H21N7O5. The summed E-state index contributed by atoms with van der Waals surface area (Å²) < 4.78 is 7.10. The quantitative estimate of drug-likeness (QED) is 0.323. The second kappa shape index (κ2) is 6.48. The standard InChI is InChI=1S/C14H21N7O5/c15-13-18-10-7(11(25)19-13)17-14(20-3-1-16-2-4-20)21(10)12-9(24)8(23)6(5-22)26-12/h6,8-9,12,16,22-24H,1-5H2,(H3,15,18,19,25)/t6-,8+,9+,12+/m0/s1. The van der Waals surface area contributed by atoms with Crippen molar-refractivity contribution in [2.75, 3.05) is 43.4 Å². The molecule has 0 saturated carbocycles. The van der Waals surface area contributed by atoms with E-state index in [-0.39, 0.29) is 17.1 Å². The SMILES string of the molecule is Nc1nc2c(nc(N3CCNCC3)n2[C@@H]2O[C@@H](CO)[C@@H](O)[C@H]2O)c(=O)[nH]1. The van der Waals surface area contributed by atoms with Crippen molar-refractivity contribution < 1.29 is 20.1 Å². The average Bonchev–Trinajstić information content (AvgIpc) is 3.14. The van der Waals surface area contributed by atoms with Gasteiger partial charge in [-0.2, -0.15) is 4.98 Å². The predicted octanol–water partition coefficient (Wildman–Crippen LogP) is -3.28. The summed E-state index contributed by atoms with van der Waals surface area (Å²) in [5, 5.41) is 33.1. The Hall–Kier alpha value is -2.25. The van der Waals surface area contributed by atoms with E-state index in [1.54, 1.807) is 0 Å². The zero-order valence-corrected chi connectivity index (χ0v) is 13.9. The Kier molecular flexibility index (Phi) is 4.28. The van der Waals surface area contributed by atoms with Crippen LogP contribution in [0.15, 0.2) is 4.79 Å². The summed E-state index contributed by atoms with van der Waals surface area (Å²) in [5.74, 6) is 0.294. The van der Waals surface area contributed by atoms with Crippen molar-refractivity contribution in [1.82, 2.24) is 24.8 Å². The molecule has 0 amide bonds. The molecule has 2 aromatic rings. The number of nitrogens with zero attached hydrogens (tertiary/aromatic N) is 4. The van der Waals surface area contributed by atoms with Crippen LogP contribution < -0.4 is 21.5 Å². The molecule has 2 saturated heterocycles. The Balaban J connectivity index is 1.89. The lowest BCUT2D eigenvalue weighted by molar-refractivity contribution is -0.0504. The molecule has 2 aliphatic heterocycles. The summed E-state index contributed by atoms with van der Waals surface area (Å²) >= 11 is 0. The molecule has 2 aliphatic rings. The number of hydrogen-bond acceptors (Lipinski definition) is 10. The van der Waals surface area contributed by atoms with E-state index >= 15 is 0 Å². The number of aliphatic hydroxyl groups excluding tert-OH is 3. The van der Waals surface area contributed by atoms with Crippen molar-refractivity contribution in [1.29, 1.82) is 0 Å². The van der Waals surface area contributed by atoms with Gasteiger partial charge in [0.1, 0.15) is 18.3 Å². The molecule has 2 aromatic heterocycles. The van der Waals surface area contributed by atoms with Gasteiger partial charge in [-0.3, -0.25) is 14.3 Å². The molecule has 7 N–H and O–H groups in total. The maximum absolute atomic E-state index is 12.3. The molecule has 0 aromatic carbocycles. The van der Waals surface area contributed by atoms with Crippen molar-refractivity contribution in [3.63, 3.8) is 0 Å². The van der Waals surface area contributed by atoms with Gasteiger partial charge in [0.25, 0.3) is 5.56 Å². The van der Waals surface area contributed by atoms with E-state index in [0.717, 1.165) is 13.1 Å². The minimum atomic E-state index is -1.33. The molecule has 4 heterocycles. The Morgan fingerprint density at radius 1 is 1.23 bits per heavy atom. The van der Waals surface area contributed by atoms with Crippen LogP contribution in [0.3, 0.4) is 0 Å². The van der Waals surface area contributed by atoms with Gasteiger partial charge in [-0.1, -0.05) is 0 Å². The first-order chi connectivity index (χ1) is 12.5. The third-order valence-electron chi connectivity index (χ3n) is 4.72. The van der Waals surface area contributed by atoms with Gasteiger partial charge >= 0.3 is 0 Å². The van der Waals surface area contributed by atoms with Crippen LogP contribution >= 0.6 is 0 Å². The van der Waals surface area contributed by atoms with E-state index < -0.39 is 36.7 Å². The molecule has 0 bridgehead atoms. The van der Waals surface area contributed by atoms with Crippen LogP contribution in [0.2, 0.25) is 0 Å². The van der Waals surface area contributed by atoms with E-state index in [0.29, 0.717) is 19.0 Å². The Morgan fingerprint density at radius 2 is 1.96 bits per heavy atom. The molecule has 12 nitrogen and oxygen atoms in total. The van der Waals surface area contributed by atoms with Crippen molar-refractivity contribution in [3.05, 3.63) is 10.4 Å². The Bertz CT molecular complexity index is 861. The molecule has 26 heavy (non-hydrogen) atoms. The van der Waals surface area contributed by atoms with Crippen LogP contribution in [0.1, 0.15) is 6.23 Å². The molecule has 4 rings (SSSR count). The number of piperazine rings is 1. The van der Waals surface area contributed by atoms with Gasteiger partial charge < -0.3 is 36.0 Å². The van der Waals surface area contributed by atoms with E-state index in [9.17, 15) is 20.1 Å². The molecule has 4 atom stereocenters. The maximum atomic E-state index is 12.3. The molecule has 2 fully saturated rings. The summed E-state index contributed by atoms with van der Waals surface area (Å²) in [6.07, 6.45) is -4.63.